The lowest BCUT2D eigenvalue weighted by Gasteiger charge is -2.14. The fraction of sp³-hybridized carbons (Fsp3) is 0.565. The topological polar surface area (TPSA) is 3.24 Å². The van der Waals surface area contributed by atoms with Gasteiger partial charge in [-0.2, -0.15) is 0 Å². The van der Waals surface area contributed by atoms with Gasteiger partial charge in [0.05, 0.1) is 0 Å². The molecule has 0 bridgehead atoms. The predicted molar refractivity (Wildman–Crippen MR) is 113 cm³/mol. The Bertz CT molecular complexity index is 435. The first-order valence-electron chi connectivity index (χ1n) is 9.45. The highest BCUT2D eigenvalue weighted by atomic mass is 15.0. The molecule has 2 rings (SSSR count). The van der Waals surface area contributed by atoms with E-state index < -0.39 is 0 Å². The average molecular weight is 332 g/mol. The van der Waals surface area contributed by atoms with Crippen molar-refractivity contribution in [1.29, 1.82) is 0 Å². The lowest BCUT2D eigenvalue weighted by molar-refractivity contribution is 0.400. The van der Waals surface area contributed by atoms with Crippen molar-refractivity contribution in [3.63, 3.8) is 0 Å². The van der Waals surface area contributed by atoms with E-state index in [4.69, 9.17) is 0 Å². The molecule has 0 amide bonds. The maximum Gasteiger partial charge on any atom is 0.0232 e. The summed E-state index contributed by atoms with van der Waals surface area (Å²) < 4.78 is 0. The lowest BCUT2D eigenvalue weighted by atomic mass is 10.0. The molecule has 138 valence electrons. The van der Waals surface area contributed by atoms with Crippen LogP contribution in [-0.2, 0) is 6.54 Å². The molecular formula is C23H41N. The zero-order chi connectivity index (χ0) is 19.0. The van der Waals surface area contributed by atoms with Crippen LogP contribution in [0.1, 0.15) is 64.2 Å². The van der Waals surface area contributed by atoms with Crippen molar-refractivity contribution < 1.29 is 0 Å². The Balaban J connectivity index is 0. The van der Waals surface area contributed by atoms with Gasteiger partial charge in [0.15, 0.2) is 0 Å². The van der Waals surface area contributed by atoms with Gasteiger partial charge in [-0.25, -0.2) is 0 Å². The minimum atomic E-state index is 0.769. The van der Waals surface area contributed by atoms with Crippen LogP contribution in [0.2, 0.25) is 0 Å². The fourth-order valence-electron chi connectivity index (χ4n) is 2.12. The molecule has 1 aromatic carbocycles. The monoisotopic (exact) mass is 331 g/mol. The van der Waals surface area contributed by atoms with Crippen molar-refractivity contribution in [3.05, 3.63) is 59.2 Å². The number of benzene rings is 1. The zero-order valence-electron chi connectivity index (χ0n) is 17.7. The van der Waals surface area contributed by atoms with Gasteiger partial charge in [0.25, 0.3) is 0 Å². The Morgan fingerprint density at radius 3 is 1.79 bits per heavy atom. The number of hydrogen-bond donors (Lipinski definition) is 0. The van der Waals surface area contributed by atoms with Crippen LogP contribution >= 0.6 is 0 Å². The smallest absolute Gasteiger partial charge is 0.0232 e. The minimum Gasteiger partial charge on any atom is -0.305 e. The normalized spacial score (nSPS) is 14.7. The standard InChI is InChI=1S/C11H17N.C7H10.C3H8.C2H6/c1-9-6-5-7-10(2)11(9)8-12(3)4;1-7-5-3-2-4-6-7;1-3-2;1-2/h5-7H,8H2,1-4H3;2-5,7H,6H2,1H3;3H2,1-2H3;1-2H3. The Morgan fingerprint density at radius 1 is 1.00 bits per heavy atom. The largest absolute Gasteiger partial charge is 0.305 e. The summed E-state index contributed by atoms with van der Waals surface area (Å²) in [5, 5.41) is 0. The first-order chi connectivity index (χ1) is 11.4. The van der Waals surface area contributed by atoms with E-state index in [0.717, 1.165) is 12.5 Å². The average Bonchev–Trinajstić information content (AvgIpc) is 2.55. The SMILES string of the molecule is CC.CC1C=CC=CC1.CCC.Cc1cccc(C)c1CN(C)C. The highest BCUT2D eigenvalue weighted by Gasteiger charge is 2.01. The molecule has 0 saturated heterocycles. The van der Waals surface area contributed by atoms with Crippen LogP contribution in [0.3, 0.4) is 0 Å². The number of hydrogen-bond acceptors (Lipinski definition) is 1. The molecule has 0 aliphatic heterocycles. The van der Waals surface area contributed by atoms with E-state index in [9.17, 15) is 0 Å². The number of nitrogens with zero attached hydrogens (tertiary/aromatic N) is 1. The van der Waals surface area contributed by atoms with E-state index in [-0.39, 0.29) is 0 Å². The third-order valence-electron chi connectivity index (χ3n) is 3.31. The summed E-state index contributed by atoms with van der Waals surface area (Å²) in [5.74, 6) is 0.769. The van der Waals surface area contributed by atoms with Gasteiger partial charge in [-0.1, -0.05) is 83.5 Å². The summed E-state index contributed by atoms with van der Waals surface area (Å²) >= 11 is 0. The predicted octanol–water partition coefficient (Wildman–Crippen LogP) is 6.95. The molecule has 0 fully saturated rings. The molecule has 24 heavy (non-hydrogen) atoms. The summed E-state index contributed by atoms with van der Waals surface area (Å²) in [6.45, 7) is 15.9. The Kier molecular flexibility index (Phi) is 17.1. The van der Waals surface area contributed by atoms with Crippen LogP contribution in [-0.4, -0.2) is 19.0 Å². The number of aryl methyl sites for hydroxylation is 2. The van der Waals surface area contributed by atoms with Gasteiger partial charge in [0.1, 0.15) is 0 Å². The van der Waals surface area contributed by atoms with Crippen LogP contribution in [0.25, 0.3) is 0 Å². The van der Waals surface area contributed by atoms with Crippen LogP contribution in [0.5, 0.6) is 0 Å². The molecule has 0 N–H and O–H groups in total. The molecule has 0 aromatic heterocycles. The zero-order valence-corrected chi connectivity index (χ0v) is 17.7. The van der Waals surface area contributed by atoms with Crippen molar-refractivity contribution in [2.45, 2.75) is 67.9 Å². The third-order valence-corrected chi connectivity index (χ3v) is 3.31. The van der Waals surface area contributed by atoms with Gasteiger partial charge in [-0.05, 0) is 57.0 Å². The van der Waals surface area contributed by atoms with Crippen LogP contribution < -0.4 is 0 Å². The molecule has 1 nitrogen and oxygen atoms in total. The molecule has 1 heteroatoms. The molecule has 0 heterocycles. The van der Waals surface area contributed by atoms with Crippen molar-refractivity contribution in [3.8, 4) is 0 Å². The fourth-order valence-corrected chi connectivity index (χ4v) is 2.12. The lowest BCUT2D eigenvalue weighted by Crippen LogP contribution is -2.12. The van der Waals surface area contributed by atoms with Gasteiger partial charge < -0.3 is 4.90 Å². The van der Waals surface area contributed by atoms with Gasteiger partial charge in [0.2, 0.25) is 0 Å². The molecule has 0 radical (unpaired) electrons. The molecule has 1 aliphatic carbocycles. The second kappa shape index (κ2) is 16.5. The molecule has 1 aliphatic rings. The molecule has 1 atom stereocenters. The highest BCUT2D eigenvalue weighted by molar-refractivity contribution is 5.33. The van der Waals surface area contributed by atoms with E-state index in [1.807, 2.05) is 13.8 Å². The first-order valence-corrected chi connectivity index (χ1v) is 9.45. The summed E-state index contributed by atoms with van der Waals surface area (Å²) in [5.41, 5.74) is 4.25. The maximum absolute atomic E-state index is 2.22. The van der Waals surface area contributed by atoms with Crippen molar-refractivity contribution in [1.82, 2.24) is 4.90 Å². The number of allylic oxidation sites excluding steroid dienone is 4. The summed E-state index contributed by atoms with van der Waals surface area (Å²) in [6, 6.07) is 6.46. The maximum atomic E-state index is 2.22. The van der Waals surface area contributed by atoms with Crippen molar-refractivity contribution in [2.24, 2.45) is 5.92 Å². The van der Waals surface area contributed by atoms with Crippen LogP contribution in [0.4, 0.5) is 0 Å². The molecule has 0 spiro atoms. The Hall–Kier alpha value is -1.34. The highest BCUT2D eigenvalue weighted by Crippen LogP contribution is 2.14. The number of rotatable bonds is 2. The van der Waals surface area contributed by atoms with Crippen LogP contribution in [0, 0.1) is 19.8 Å². The Labute approximate surface area is 152 Å². The van der Waals surface area contributed by atoms with E-state index in [2.05, 4.69) is 96.1 Å². The second-order valence-electron chi connectivity index (χ2n) is 6.34. The quantitative estimate of drug-likeness (QED) is 0.567. The molecule has 0 saturated carbocycles. The van der Waals surface area contributed by atoms with Gasteiger partial charge in [-0.15, -0.1) is 0 Å². The first kappa shape index (κ1) is 24.9. The van der Waals surface area contributed by atoms with E-state index in [1.54, 1.807) is 0 Å². The second-order valence-corrected chi connectivity index (χ2v) is 6.34. The van der Waals surface area contributed by atoms with Crippen molar-refractivity contribution >= 4 is 0 Å². The summed E-state index contributed by atoms with van der Waals surface area (Å²) in [7, 11) is 4.21. The van der Waals surface area contributed by atoms with Crippen LogP contribution in [0.15, 0.2) is 42.5 Å². The van der Waals surface area contributed by atoms with E-state index in [1.165, 1.54) is 29.5 Å². The minimum absolute atomic E-state index is 0.769. The van der Waals surface area contributed by atoms with Gasteiger partial charge in [0, 0.05) is 6.54 Å². The van der Waals surface area contributed by atoms with Gasteiger partial charge >= 0.3 is 0 Å². The van der Waals surface area contributed by atoms with E-state index in [0.29, 0.717) is 0 Å². The molecule has 1 unspecified atom stereocenters. The van der Waals surface area contributed by atoms with Crippen molar-refractivity contribution in [2.75, 3.05) is 14.1 Å². The Morgan fingerprint density at radius 2 is 1.50 bits per heavy atom. The molecule has 1 aromatic rings. The van der Waals surface area contributed by atoms with E-state index >= 15 is 0 Å². The summed E-state index contributed by atoms with van der Waals surface area (Å²) in [6.07, 6.45) is 11.1. The van der Waals surface area contributed by atoms with Gasteiger partial charge in [-0.3, -0.25) is 0 Å². The molecular weight excluding hydrogens is 290 g/mol. The third kappa shape index (κ3) is 13.1. The summed E-state index contributed by atoms with van der Waals surface area (Å²) in [4.78, 5) is 2.20.